The van der Waals surface area contributed by atoms with Crippen molar-refractivity contribution < 1.29 is 13.2 Å². The van der Waals surface area contributed by atoms with Crippen molar-refractivity contribution in [1.29, 1.82) is 0 Å². The van der Waals surface area contributed by atoms with Crippen molar-refractivity contribution in [2.75, 3.05) is 18.8 Å². The van der Waals surface area contributed by atoms with Gasteiger partial charge in [0, 0.05) is 38.6 Å². The van der Waals surface area contributed by atoms with Gasteiger partial charge in [-0.15, -0.1) is 11.3 Å². The lowest BCUT2D eigenvalue weighted by molar-refractivity contribution is 0.0941. The summed E-state index contributed by atoms with van der Waals surface area (Å²) in [5.74, 6) is 0.892. The van der Waals surface area contributed by atoms with Crippen LogP contribution in [0.25, 0.3) is 11.0 Å². The zero-order chi connectivity index (χ0) is 23.8. The fourth-order valence-electron chi connectivity index (χ4n) is 3.33. The standard InChI is InChI=1S/C21H30N6O3S2/c1-12(2)8-18-24-17-10-15(25-32(29,30)26(5)6)9-16(19(17)27(18)7)20(28)23-14(4)21-22-13(3)11-31-21/h9-12,14,25H,8H2,1-7H3,(H,23,28). The maximum Gasteiger partial charge on any atom is 0.301 e. The molecule has 1 unspecified atom stereocenters. The van der Waals surface area contributed by atoms with Gasteiger partial charge < -0.3 is 9.88 Å². The number of aryl methyl sites for hydroxylation is 2. The number of nitrogens with one attached hydrogen (secondary N) is 2. The summed E-state index contributed by atoms with van der Waals surface area (Å²) in [7, 11) is 1.01. The van der Waals surface area contributed by atoms with Crippen LogP contribution in [0.4, 0.5) is 5.69 Å². The fourth-order valence-corrected chi connectivity index (χ4v) is 4.73. The number of benzene rings is 1. The van der Waals surface area contributed by atoms with Crippen molar-refractivity contribution in [2.45, 2.75) is 40.2 Å². The van der Waals surface area contributed by atoms with E-state index in [0.717, 1.165) is 27.3 Å². The molecule has 9 nitrogen and oxygen atoms in total. The Kier molecular flexibility index (Phi) is 6.91. The van der Waals surface area contributed by atoms with Gasteiger partial charge in [-0.3, -0.25) is 9.52 Å². The number of rotatable bonds is 8. The average molecular weight is 479 g/mol. The minimum Gasteiger partial charge on any atom is -0.343 e. The van der Waals surface area contributed by atoms with Crippen LogP contribution in [0, 0.1) is 12.8 Å². The molecule has 3 rings (SSSR count). The quantitative estimate of drug-likeness (QED) is 0.517. The van der Waals surface area contributed by atoms with E-state index in [-0.39, 0.29) is 17.6 Å². The molecule has 0 aliphatic carbocycles. The van der Waals surface area contributed by atoms with Crippen LogP contribution in [-0.2, 0) is 23.7 Å². The molecule has 1 atom stereocenters. The Hall–Kier alpha value is -2.50. The highest BCUT2D eigenvalue weighted by Gasteiger charge is 2.23. The summed E-state index contributed by atoms with van der Waals surface area (Å²) in [5, 5.41) is 5.73. The maximum absolute atomic E-state index is 13.3. The topological polar surface area (TPSA) is 109 Å². The summed E-state index contributed by atoms with van der Waals surface area (Å²) in [5.41, 5.74) is 2.75. The van der Waals surface area contributed by atoms with E-state index in [0.29, 0.717) is 22.5 Å². The molecule has 0 radical (unpaired) electrons. The highest BCUT2D eigenvalue weighted by molar-refractivity contribution is 7.90. The summed E-state index contributed by atoms with van der Waals surface area (Å²) in [6.45, 7) is 7.98. The van der Waals surface area contributed by atoms with Gasteiger partial charge in [-0.1, -0.05) is 13.8 Å². The molecule has 11 heteroatoms. The number of amides is 1. The molecule has 0 fully saturated rings. The summed E-state index contributed by atoms with van der Waals surface area (Å²) >= 11 is 1.49. The van der Waals surface area contributed by atoms with Crippen molar-refractivity contribution in [3.05, 3.63) is 39.6 Å². The van der Waals surface area contributed by atoms with Crippen LogP contribution in [0.5, 0.6) is 0 Å². The molecule has 0 bridgehead atoms. The van der Waals surface area contributed by atoms with Gasteiger partial charge >= 0.3 is 10.2 Å². The second kappa shape index (κ2) is 9.16. The highest BCUT2D eigenvalue weighted by Crippen LogP contribution is 2.27. The molecule has 2 heterocycles. The van der Waals surface area contributed by atoms with Gasteiger partial charge in [0.15, 0.2) is 0 Å². The number of fused-ring (bicyclic) bond motifs is 1. The first-order valence-corrected chi connectivity index (χ1v) is 12.6. The number of anilines is 1. The van der Waals surface area contributed by atoms with Crippen LogP contribution in [0.2, 0.25) is 0 Å². The van der Waals surface area contributed by atoms with Gasteiger partial charge in [-0.25, -0.2) is 9.97 Å². The minimum absolute atomic E-state index is 0.281. The van der Waals surface area contributed by atoms with E-state index in [1.54, 1.807) is 12.1 Å². The molecule has 2 aromatic heterocycles. The first-order valence-electron chi connectivity index (χ1n) is 10.3. The molecule has 32 heavy (non-hydrogen) atoms. The van der Waals surface area contributed by atoms with Gasteiger partial charge in [-0.05, 0) is 31.9 Å². The lowest BCUT2D eigenvalue weighted by Crippen LogP contribution is -2.29. The Labute approximate surface area is 193 Å². The molecule has 1 aromatic carbocycles. The predicted octanol–water partition coefficient (Wildman–Crippen LogP) is 3.25. The van der Waals surface area contributed by atoms with Crippen LogP contribution in [-0.4, -0.2) is 47.3 Å². The van der Waals surface area contributed by atoms with Crippen molar-refractivity contribution in [2.24, 2.45) is 13.0 Å². The monoisotopic (exact) mass is 478 g/mol. The van der Waals surface area contributed by atoms with Crippen LogP contribution in [0.1, 0.15) is 53.7 Å². The third-order valence-corrected chi connectivity index (χ3v) is 7.58. The maximum atomic E-state index is 13.3. The van der Waals surface area contributed by atoms with E-state index in [9.17, 15) is 13.2 Å². The molecule has 3 aromatic rings. The van der Waals surface area contributed by atoms with E-state index in [4.69, 9.17) is 4.98 Å². The highest BCUT2D eigenvalue weighted by atomic mass is 32.2. The van der Waals surface area contributed by atoms with Gasteiger partial charge in [0.05, 0.1) is 28.3 Å². The molecular formula is C21H30N6O3S2. The Bertz CT molecular complexity index is 1240. The van der Waals surface area contributed by atoms with Crippen molar-refractivity contribution in [3.8, 4) is 0 Å². The Morgan fingerprint density at radius 2 is 1.91 bits per heavy atom. The largest absolute Gasteiger partial charge is 0.343 e. The van der Waals surface area contributed by atoms with E-state index in [1.165, 1.54) is 25.4 Å². The number of carbonyl (C=O) groups excluding carboxylic acids is 1. The Balaban J connectivity index is 2.08. The molecule has 2 N–H and O–H groups in total. The number of imidazole rings is 1. The lowest BCUT2D eigenvalue weighted by Gasteiger charge is -2.16. The predicted molar refractivity (Wildman–Crippen MR) is 128 cm³/mol. The lowest BCUT2D eigenvalue weighted by atomic mass is 10.1. The number of thiazole rings is 1. The van der Waals surface area contributed by atoms with Crippen LogP contribution >= 0.6 is 11.3 Å². The summed E-state index contributed by atoms with van der Waals surface area (Å²) in [6, 6.07) is 2.92. The molecular weight excluding hydrogens is 448 g/mol. The first kappa shape index (κ1) is 24.1. The molecule has 0 spiro atoms. The summed E-state index contributed by atoms with van der Waals surface area (Å²) in [4.78, 5) is 22.5. The van der Waals surface area contributed by atoms with Crippen LogP contribution in [0.15, 0.2) is 17.5 Å². The molecule has 0 aliphatic rings. The average Bonchev–Trinajstić information content (AvgIpc) is 3.24. The Morgan fingerprint density at radius 3 is 2.47 bits per heavy atom. The number of hydrogen-bond donors (Lipinski definition) is 2. The molecule has 0 saturated carbocycles. The van der Waals surface area contributed by atoms with Crippen LogP contribution in [0.3, 0.4) is 0 Å². The SMILES string of the molecule is Cc1csc(C(C)NC(=O)c2cc(NS(=O)(=O)N(C)C)cc3nc(CC(C)C)n(C)c23)n1. The minimum atomic E-state index is -3.74. The van der Waals surface area contributed by atoms with Crippen molar-refractivity contribution in [1.82, 2.24) is 24.2 Å². The molecule has 174 valence electrons. The van der Waals surface area contributed by atoms with Gasteiger partial charge in [0.1, 0.15) is 10.8 Å². The van der Waals surface area contributed by atoms with Crippen LogP contribution < -0.4 is 10.0 Å². The van der Waals surface area contributed by atoms with E-state index < -0.39 is 10.2 Å². The summed E-state index contributed by atoms with van der Waals surface area (Å²) in [6.07, 6.45) is 0.736. The van der Waals surface area contributed by atoms with E-state index in [1.807, 2.05) is 30.8 Å². The van der Waals surface area contributed by atoms with Gasteiger partial charge in [-0.2, -0.15) is 12.7 Å². The van der Waals surface area contributed by atoms with E-state index >= 15 is 0 Å². The fraction of sp³-hybridized carbons (Fsp3) is 0.476. The number of carbonyl (C=O) groups is 1. The van der Waals surface area contributed by atoms with E-state index in [2.05, 4.69) is 28.9 Å². The molecule has 0 aliphatic heterocycles. The zero-order valence-electron chi connectivity index (χ0n) is 19.4. The third kappa shape index (κ3) is 5.11. The summed E-state index contributed by atoms with van der Waals surface area (Å²) < 4.78 is 30.3. The number of hydrogen-bond acceptors (Lipinski definition) is 6. The second-order valence-corrected chi connectivity index (χ2v) is 11.3. The van der Waals surface area contributed by atoms with Gasteiger partial charge in [0.25, 0.3) is 5.91 Å². The van der Waals surface area contributed by atoms with Crippen molar-refractivity contribution >= 4 is 44.2 Å². The molecule has 1 amide bonds. The number of aromatic nitrogens is 3. The second-order valence-electron chi connectivity index (χ2n) is 8.49. The normalized spacial score (nSPS) is 13.2. The first-order chi connectivity index (χ1) is 14.9. The zero-order valence-corrected chi connectivity index (χ0v) is 21.1. The smallest absolute Gasteiger partial charge is 0.301 e. The molecule has 0 saturated heterocycles. The van der Waals surface area contributed by atoms with Crippen molar-refractivity contribution in [3.63, 3.8) is 0 Å². The third-order valence-electron chi connectivity index (χ3n) is 4.98. The van der Waals surface area contributed by atoms with Gasteiger partial charge in [0.2, 0.25) is 0 Å². The Morgan fingerprint density at radius 1 is 1.22 bits per heavy atom. The number of nitrogens with zero attached hydrogens (tertiary/aromatic N) is 4.